The molecule has 6 heteroatoms. The Morgan fingerprint density at radius 3 is 2.74 bits per heavy atom. The zero-order valence-corrected chi connectivity index (χ0v) is 11.2. The second-order valence-electron chi connectivity index (χ2n) is 3.90. The lowest BCUT2D eigenvalue weighted by atomic mass is 10.0. The van der Waals surface area contributed by atoms with Crippen LogP contribution in [0.3, 0.4) is 0 Å². The van der Waals surface area contributed by atoms with Gasteiger partial charge in [0.1, 0.15) is 0 Å². The van der Waals surface area contributed by atoms with Gasteiger partial charge in [0.25, 0.3) is 0 Å². The first-order chi connectivity index (χ1) is 9.00. The quantitative estimate of drug-likeness (QED) is 0.696. The molecule has 3 nitrogen and oxygen atoms in total. The maximum atomic E-state index is 13.4. The molecule has 19 heavy (non-hydrogen) atoms. The van der Waals surface area contributed by atoms with Gasteiger partial charge in [-0.25, -0.2) is 8.78 Å². The second kappa shape index (κ2) is 5.44. The Hall–Kier alpha value is -1.82. The van der Waals surface area contributed by atoms with Crippen molar-refractivity contribution < 1.29 is 13.6 Å². The Kier molecular flexibility index (Phi) is 3.90. The molecule has 0 radical (unpaired) electrons. The van der Waals surface area contributed by atoms with Crippen LogP contribution in [0.5, 0.6) is 0 Å². The number of halogens is 3. The highest BCUT2D eigenvalue weighted by atomic mass is 79.9. The van der Waals surface area contributed by atoms with Gasteiger partial charge in [-0.2, -0.15) is 0 Å². The number of aromatic nitrogens is 1. The van der Waals surface area contributed by atoms with Crippen LogP contribution in [0.2, 0.25) is 0 Å². The van der Waals surface area contributed by atoms with Gasteiger partial charge in [-0.1, -0.05) is 0 Å². The number of hydrogen-bond donors (Lipinski definition) is 1. The summed E-state index contributed by atoms with van der Waals surface area (Å²) in [6, 6.07) is 3.72. The molecule has 2 N–H and O–H groups in total. The largest absolute Gasteiger partial charge is 0.398 e. The second-order valence-corrected chi connectivity index (χ2v) is 4.69. The van der Waals surface area contributed by atoms with Gasteiger partial charge in [0.2, 0.25) is 0 Å². The third kappa shape index (κ3) is 2.78. The summed E-state index contributed by atoms with van der Waals surface area (Å²) in [6.45, 7) is 0. The lowest BCUT2D eigenvalue weighted by Crippen LogP contribution is -2.08. The van der Waals surface area contributed by atoms with E-state index in [1.165, 1.54) is 18.5 Å². The highest BCUT2D eigenvalue weighted by molar-refractivity contribution is 9.10. The molecule has 0 spiro atoms. The molecule has 0 bridgehead atoms. The summed E-state index contributed by atoms with van der Waals surface area (Å²) >= 11 is 2.88. The summed E-state index contributed by atoms with van der Waals surface area (Å²) in [5.74, 6) is -2.46. The van der Waals surface area contributed by atoms with Crippen molar-refractivity contribution in [3.05, 3.63) is 57.8 Å². The maximum absolute atomic E-state index is 13.4. The molecule has 0 aliphatic heterocycles. The van der Waals surface area contributed by atoms with Crippen LogP contribution in [-0.4, -0.2) is 10.8 Å². The smallest absolute Gasteiger partial charge is 0.173 e. The van der Waals surface area contributed by atoms with Gasteiger partial charge < -0.3 is 5.73 Å². The van der Waals surface area contributed by atoms with Gasteiger partial charge in [0, 0.05) is 35.6 Å². The first kappa shape index (κ1) is 13.6. The molecule has 98 valence electrons. The third-order valence-corrected chi connectivity index (χ3v) is 3.40. The van der Waals surface area contributed by atoms with Crippen LogP contribution in [0.1, 0.15) is 15.9 Å². The molecular weight excluding hydrogens is 318 g/mol. The number of nitrogen functional groups attached to an aromatic ring is 1. The van der Waals surface area contributed by atoms with Crippen molar-refractivity contribution in [2.75, 3.05) is 5.73 Å². The first-order valence-electron chi connectivity index (χ1n) is 5.35. The Bertz CT molecular complexity index is 647. The number of Topliss-reactive ketones (excluding diaryl/α,β-unsaturated/α-hetero) is 1. The summed E-state index contributed by atoms with van der Waals surface area (Å²) in [7, 11) is 0. The minimum absolute atomic E-state index is 0.0245. The van der Waals surface area contributed by atoms with Crippen molar-refractivity contribution in [3.8, 4) is 0 Å². The molecular formula is C13H9BrF2N2O. The molecule has 1 heterocycles. The van der Waals surface area contributed by atoms with E-state index in [2.05, 4.69) is 20.9 Å². The van der Waals surface area contributed by atoms with E-state index in [4.69, 9.17) is 5.73 Å². The van der Waals surface area contributed by atoms with Gasteiger partial charge >= 0.3 is 0 Å². The van der Waals surface area contributed by atoms with Crippen molar-refractivity contribution in [1.82, 2.24) is 4.98 Å². The van der Waals surface area contributed by atoms with E-state index < -0.39 is 11.6 Å². The number of pyridine rings is 1. The van der Waals surface area contributed by atoms with Crippen LogP contribution in [0.4, 0.5) is 14.5 Å². The molecule has 0 amide bonds. The molecule has 0 saturated carbocycles. The zero-order valence-electron chi connectivity index (χ0n) is 9.66. The van der Waals surface area contributed by atoms with Crippen molar-refractivity contribution in [2.24, 2.45) is 0 Å². The number of rotatable bonds is 3. The molecule has 0 saturated heterocycles. The van der Waals surface area contributed by atoms with Crippen molar-refractivity contribution in [3.63, 3.8) is 0 Å². The number of ketones is 1. The van der Waals surface area contributed by atoms with Gasteiger partial charge in [0.15, 0.2) is 17.4 Å². The van der Waals surface area contributed by atoms with Gasteiger partial charge in [-0.05, 0) is 34.1 Å². The lowest BCUT2D eigenvalue weighted by molar-refractivity contribution is 0.0991. The third-order valence-electron chi connectivity index (χ3n) is 2.63. The molecule has 2 aromatic rings. The summed E-state index contributed by atoms with van der Waals surface area (Å²) in [5, 5.41) is 0. The first-order valence-corrected chi connectivity index (χ1v) is 6.15. The average molecular weight is 327 g/mol. The van der Waals surface area contributed by atoms with E-state index in [0.29, 0.717) is 11.3 Å². The summed E-state index contributed by atoms with van der Waals surface area (Å²) in [6.07, 6.45) is 2.96. The fourth-order valence-electron chi connectivity index (χ4n) is 1.60. The molecule has 2 rings (SSSR count). The number of nitrogens with two attached hydrogens (primary N) is 1. The zero-order chi connectivity index (χ0) is 14.0. The molecule has 0 aliphatic rings. The van der Waals surface area contributed by atoms with E-state index in [-0.39, 0.29) is 22.2 Å². The molecule has 0 atom stereocenters. The Balaban J connectivity index is 2.31. The maximum Gasteiger partial charge on any atom is 0.173 e. The highest BCUT2D eigenvalue weighted by Crippen LogP contribution is 2.24. The predicted octanol–water partition coefficient (Wildman–Crippen LogP) is 3.13. The van der Waals surface area contributed by atoms with Crippen molar-refractivity contribution >= 4 is 27.4 Å². The van der Waals surface area contributed by atoms with E-state index in [1.807, 2.05) is 0 Å². The summed E-state index contributed by atoms with van der Waals surface area (Å²) in [5.41, 5.74) is 6.75. The Morgan fingerprint density at radius 2 is 2.05 bits per heavy atom. The van der Waals surface area contributed by atoms with E-state index >= 15 is 0 Å². The van der Waals surface area contributed by atoms with Gasteiger partial charge in [-0.15, -0.1) is 0 Å². The van der Waals surface area contributed by atoms with Crippen molar-refractivity contribution in [2.45, 2.75) is 6.42 Å². The summed E-state index contributed by atoms with van der Waals surface area (Å²) in [4.78, 5) is 15.9. The molecule has 1 aromatic carbocycles. The summed E-state index contributed by atoms with van der Waals surface area (Å²) < 4.78 is 26.1. The Labute approximate surface area is 116 Å². The molecule has 0 fully saturated rings. The number of nitrogens with zero attached hydrogens (tertiary/aromatic N) is 1. The van der Waals surface area contributed by atoms with Crippen LogP contribution in [0, 0.1) is 11.6 Å². The standard InChI is InChI=1S/C13H9BrF2N2O/c14-12-8(1-2-9(15)13(12)16)11(19)5-7-6-18-4-3-10(7)17/h1-4,6H,5H2,(H2,17,18). The SMILES string of the molecule is Nc1ccncc1CC(=O)c1ccc(F)c(F)c1Br. The Morgan fingerprint density at radius 1 is 1.32 bits per heavy atom. The fourth-order valence-corrected chi connectivity index (χ4v) is 2.14. The van der Waals surface area contributed by atoms with Crippen LogP contribution in [0.25, 0.3) is 0 Å². The number of benzene rings is 1. The van der Waals surface area contributed by atoms with Crippen LogP contribution in [-0.2, 0) is 6.42 Å². The van der Waals surface area contributed by atoms with Gasteiger partial charge in [-0.3, -0.25) is 9.78 Å². The monoisotopic (exact) mass is 326 g/mol. The van der Waals surface area contributed by atoms with Crippen LogP contribution >= 0.6 is 15.9 Å². The van der Waals surface area contributed by atoms with Crippen LogP contribution < -0.4 is 5.73 Å². The predicted molar refractivity (Wildman–Crippen MR) is 70.7 cm³/mol. The number of hydrogen-bond acceptors (Lipinski definition) is 3. The minimum Gasteiger partial charge on any atom is -0.398 e. The number of anilines is 1. The van der Waals surface area contributed by atoms with E-state index in [9.17, 15) is 13.6 Å². The number of carbonyl (C=O) groups is 1. The topological polar surface area (TPSA) is 56.0 Å². The van der Waals surface area contributed by atoms with Crippen LogP contribution in [0.15, 0.2) is 35.1 Å². The minimum atomic E-state index is -1.08. The average Bonchev–Trinajstić information content (AvgIpc) is 2.39. The number of carbonyl (C=O) groups excluding carboxylic acids is 1. The normalized spacial score (nSPS) is 10.5. The highest BCUT2D eigenvalue weighted by Gasteiger charge is 2.17. The van der Waals surface area contributed by atoms with E-state index in [1.54, 1.807) is 6.07 Å². The fraction of sp³-hybridized carbons (Fsp3) is 0.0769. The van der Waals surface area contributed by atoms with Gasteiger partial charge in [0.05, 0.1) is 4.47 Å². The van der Waals surface area contributed by atoms with E-state index in [0.717, 1.165) is 6.07 Å². The van der Waals surface area contributed by atoms with Crippen molar-refractivity contribution in [1.29, 1.82) is 0 Å². The molecule has 0 aliphatic carbocycles. The molecule has 1 aromatic heterocycles. The lowest BCUT2D eigenvalue weighted by Gasteiger charge is -2.07. The molecule has 0 unspecified atom stereocenters.